The summed E-state index contributed by atoms with van der Waals surface area (Å²) in [7, 11) is 0. The largest absolute Gasteiger partial charge is 0.343 e. The highest BCUT2D eigenvalue weighted by molar-refractivity contribution is 6.02. The number of anilines is 1. The minimum atomic E-state index is 0.233. The first kappa shape index (κ1) is 15.4. The minimum absolute atomic E-state index is 0.233. The SMILES string of the molecule is Cc1cccc(CN=C2Nc3ccccc3CC23CCCCC3)c1. The normalized spacial score (nSPS) is 20.6. The number of para-hydroxylation sites is 1. The van der Waals surface area contributed by atoms with Crippen LogP contribution in [-0.2, 0) is 13.0 Å². The lowest BCUT2D eigenvalue weighted by atomic mass is 9.67. The number of rotatable bonds is 2. The molecule has 1 spiro atoms. The van der Waals surface area contributed by atoms with Crippen LogP contribution in [0.4, 0.5) is 5.69 Å². The average molecular weight is 318 g/mol. The van der Waals surface area contributed by atoms with Gasteiger partial charge in [0.05, 0.1) is 6.54 Å². The quantitative estimate of drug-likeness (QED) is 0.775. The third-order valence-electron chi connectivity index (χ3n) is 5.61. The summed E-state index contributed by atoms with van der Waals surface area (Å²) in [4.78, 5) is 5.08. The Morgan fingerprint density at radius 1 is 1.00 bits per heavy atom. The van der Waals surface area contributed by atoms with Crippen molar-refractivity contribution in [2.75, 3.05) is 5.32 Å². The standard InChI is InChI=1S/C22H26N2/c1-17-8-7-9-18(14-17)16-23-21-22(12-5-2-6-13-22)15-19-10-3-4-11-20(19)24-21/h3-4,7-11,14H,2,5-6,12-13,15-16H2,1H3,(H,23,24). The molecule has 2 aromatic rings. The van der Waals surface area contributed by atoms with E-state index in [0.717, 1.165) is 13.0 Å². The number of aliphatic imine (C=N–C) groups is 1. The molecule has 0 amide bonds. The van der Waals surface area contributed by atoms with Crippen molar-refractivity contribution >= 4 is 11.5 Å². The number of fused-ring (bicyclic) bond motifs is 1. The Morgan fingerprint density at radius 3 is 2.67 bits per heavy atom. The number of nitrogens with one attached hydrogen (secondary N) is 1. The Balaban J connectivity index is 1.66. The van der Waals surface area contributed by atoms with Crippen molar-refractivity contribution in [3.8, 4) is 0 Å². The number of hydrogen-bond acceptors (Lipinski definition) is 1. The van der Waals surface area contributed by atoms with Gasteiger partial charge in [-0.15, -0.1) is 0 Å². The lowest BCUT2D eigenvalue weighted by Crippen LogP contribution is -2.43. The van der Waals surface area contributed by atoms with E-state index in [0.29, 0.717) is 0 Å². The first-order chi connectivity index (χ1) is 11.8. The molecule has 1 heterocycles. The molecule has 2 aliphatic rings. The molecule has 1 aliphatic carbocycles. The summed E-state index contributed by atoms with van der Waals surface area (Å²) < 4.78 is 0. The van der Waals surface area contributed by atoms with Gasteiger partial charge in [0.1, 0.15) is 5.84 Å². The van der Waals surface area contributed by atoms with Gasteiger partial charge < -0.3 is 5.32 Å². The van der Waals surface area contributed by atoms with Gasteiger partial charge in [-0.25, -0.2) is 0 Å². The number of benzene rings is 2. The molecule has 1 saturated carbocycles. The van der Waals surface area contributed by atoms with E-state index in [1.54, 1.807) is 0 Å². The van der Waals surface area contributed by atoms with E-state index in [-0.39, 0.29) is 5.41 Å². The molecule has 2 aromatic carbocycles. The highest BCUT2D eigenvalue weighted by Gasteiger charge is 2.40. The summed E-state index contributed by atoms with van der Waals surface area (Å²) in [5, 5.41) is 3.69. The highest BCUT2D eigenvalue weighted by atomic mass is 15.0. The van der Waals surface area contributed by atoms with Gasteiger partial charge in [-0.05, 0) is 43.4 Å². The molecule has 24 heavy (non-hydrogen) atoms. The van der Waals surface area contributed by atoms with E-state index in [1.807, 2.05) is 0 Å². The third-order valence-corrected chi connectivity index (χ3v) is 5.61. The van der Waals surface area contributed by atoms with Gasteiger partial charge >= 0.3 is 0 Å². The van der Waals surface area contributed by atoms with Crippen molar-refractivity contribution in [2.45, 2.75) is 52.0 Å². The van der Waals surface area contributed by atoms with Crippen LogP contribution < -0.4 is 5.32 Å². The smallest absolute Gasteiger partial charge is 0.108 e. The molecule has 0 radical (unpaired) electrons. The second-order valence-corrected chi connectivity index (χ2v) is 7.45. The van der Waals surface area contributed by atoms with Crippen LogP contribution in [0, 0.1) is 12.3 Å². The molecule has 0 saturated heterocycles. The fourth-order valence-corrected chi connectivity index (χ4v) is 4.34. The maximum atomic E-state index is 5.08. The van der Waals surface area contributed by atoms with E-state index >= 15 is 0 Å². The Labute approximate surface area is 145 Å². The zero-order valence-electron chi connectivity index (χ0n) is 14.5. The molecule has 4 rings (SSSR count). The van der Waals surface area contributed by atoms with E-state index in [4.69, 9.17) is 4.99 Å². The molecule has 2 nitrogen and oxygen atoms in total. The maximum Gasteiger partial charge on any atom is 0.108 e. The highest BCUT2D eigenvalue weighted by Crippen LogP contribution is 2.45. The van der Waals surface area contributed by atoms with Crippen molar-refractivity contribution in [2.24, 2.45) is 10.4 Å². The Bertz CT molecular complexity index is 754. The topological polar surface area (TPSA) is 24.4 Å². The van der Waals surface area contributed by atoms with Crippen LogP contribution in [0.2, 0.25) is 0 Å². The molecule has 0 atom stereocenters. The molecule has 1 fully saturated rings. The zero-order chi connectivity index (χ0) is 16.4. The van der Waals surface area contributed by atoms with Crippen LogP contribution in [0.1, 0.15) is 48.8 Å². The van der Waals surface area contributed by atoms with Crippen molar-refractivity contribution in [1.82, 2.24) is 0 Å². The molecule has 124 valence electrons. The summed E-state index contributed by atoms with van der Waals surface area (Å²) in [6, 6.07) is 17.4. The van der Waals surface area contributed by atoms with Crippen LogP contribution in [-0.4, -0.2) is 5.84 Å². The lowest BCUT2D eigenvalue weighted by Gasteiger charge is -2.42. The van der Waals surface area contributed by atoms with Gasteiger partial charge in [-0.2, -0.15) is 0 Å². The molecule has 1 aliphatic heterocycles. The molecule has 1 N–H and O–H groups in total. The first-order valence-corrected chi connectivity index (χ1v) is 9.21. The summed E-state index contributed by atoms with van der Waals surface area (Å²) in [5.41, 5.74) is 5.54. The van der Waals surface area contributed by atoms with Gasteiger partial charge in [-0.1, -0.05) is 67.3 Å². The Hall–Kier alpha value is -2.09. The number of hydrogen-bond donors (Lipinski definition) is 1. The second kappa shape index (κ2) is 6.43. The van der Waals surface area contributed by atoms with E-state index in [2.05, 4.69) is 60.8 Å². The molecule has 2 heteroatoms. The fourth-order valence-electron chi connectivity index (χ4n) is 4.34. The van der Waals surface area contributed by atoms with Gasteiger partial charge in [0.25, 0.3) is 0 Å². The van der Waals surface area contributed by atoms with Gasteiger partial charge in [0, 0.05) is 11.1 Å². The molecule has 0 bridgehead atoms. The number of aryl methyl sites for hydroxylation is 1. The van der Waals surface area contributed by atoms with E-state index in [1.165, 1.54) is 60.3 Å². The molecular weight excluding hydrogens is 292 g/mol. The summed E-state index contributed by atoms with van der Waals surface area (Å²) in [6.45, 7) is 2.92. The van der Waals surface area contributed by atoms with Crippen LogP contribution in [0.5, 0.6) is 0 Å². The molecule has 0 aromatic heterocycles. The summed E-state index contributed by atoms with van der Waals surface area (Å²) in [6.07, 6.45) is 7.69. The second-order valence-electron chi connectivity index (χ2n) is 7.45. The van der Waals surface area contributed by atoms with Gasteiger partial charge in [0.2, 0.25) is 0 Å². The van der Waals surface area contributed by atoms with Crippen LogP contribution in [0.15, 0.2) is 53.5 Å². The zero-order valence-corrected chi connectivity index (χ0v) is 14.5. The molecule has 0 unspecified atom stereocenters. The predicted octanol–water partition coefficient (Wildman–Crippen LogP) is 5.51. The summed E-state index contributed by atoms with van der Waals surface area (Å²) in [5.74, 6) is 1.22. The van der Waals surface area contributed by atoms with Crippen molar-refractivity contribution < 1.29 is 0 Å². The number of nitrogens with zero attached hydrogens (tertiary/aromatic N) is 1. The monoisotopic (exact) mass is 318 g/mol. The van der Waals surface area contributed by atoms with Crippen molar-refractivity contribution in [3.63, 3.8) is 0 Å². The average Bonchev–Trinajstić information content (AvgIpc) is 2.61. The fraction of sp³-hybridized carbons (Fsp3) is 0.409. The van der Waals surface area contributed by atoms with Gasteiger partial charge in [0.15, 0.2) is 0 Å². The lowest BCUT2D eigenvalue weighted by molar-refractivity contribution is 0.278. The van der Waals surface area contributed by atoms with Crippen molar-refractivity contribution in [1.29, 1.82) is 0 Å². The van der Waals surface area contributed by atoms with E-state index < -0.39 is 0 Å². The Morgan fingerprint density at radius 2 is 1.83 bits per heavy atom. The first-order valence-electron chi connectivity index (χ1n) is 9.21. The maximum absolute atomic E-state index is 5.08. The van der Waals surface area contributed by atoms with Gasteiger partial charge in [-0.3, -0.25) is 4.99 Å². The predicted molar refractivity (Wildman–Crippen MR) is 102 cm³/mol. The van der Waals surface area contributed by atoms with Crippen LogP contribution in [0.25, 0.3) is 0 Å². The van der Waals surface area contributed by atoms with Crippen molar-refractivity contribution in [3.05, 3.63) is 65.2 Å². The molecular formula is C22H26N2. The van der Waals surface area contributed by atoms with Crippen LogP contribution >= 0.6 is 0 Å². The third kappa shape index (κ3) is 2.98. The van der Waals surface area contributed by atoms with E-state index in [9.17, 15) is 0 Å². The van der Waals surface area contributed by atoms with Crippen LogP contribution in [0.3, 0.4) is 0 Å². The minimum Gasteiger partial charge on any atom is -0.343 e. The summed E-state index contributed by atoms with van der Waals surface area (Å²) >= 11 is 0. The Kier molecular flexibility index (Phi) is 4.13. The number of amidine groups is 1.